The zero-order valence-electron chi connectivity index (χ0n) is 11.2. The van der Waals surface area contributed by atoms with E-state index in [1.807, 2.05) is 0 Å². The highest BCUT2D eigenvalue weighted by atomic mass is 79.9. The van der Waals surface area contributed by atoms with Gasteiger partial charge in [0.1, 0.15) is 0 Å². The van der Waals surface area contributed by atoms with E-state index in [1.54, 1.807) is 0 Å². The highest BCUT2D eigenvalue weighted by Gasteiger charge is 2.28. The first-order chi connectivity index (χ1) is 9.67. The van der Waals surface area contributed by atoms with Gasteiger partial charge in [0, 0.05) is 15.1 Å². The Bertz CT molecular complexity index is 516. The third-order valence-electron chi connectivity index (χ3n) is 3.48. The van der Waals surface area contributed by atoms with Gasteiger partial charge >= 0.3 is 0 Å². The molecule has 0 bridgehead atoms. The van der Waals surface area contributed by atoms with Crippen molar-refractivity contribution in [2.45, 2.75) is 12.8 Å². The number of benzene rings is 2. The molecular weight excluding hydrogens is 444 g/mol. The Labute approximate surface area is 146 Å². The summed E-state index contributed by atoms with van der Waals surface area (Å²) in [6.07, 6.45) is 2.13. The van der Waals surface area contributed by atoms with Crippen molar-refractivity contribution in [1.29, 1.82) is 0 Å². The van der Waals surface area contributed by atoms with Crippen LogP contribution in [0.3, 0.4) is 0 Å². The molecule has 3 heteroatoms. The molecule has 0 radical (unpaired) electrons. The Balaban J connectivity index is 2.18. The van der Waals surface area contributed by atoms with Crippen LogP contribution in [0.4, 0.5) is 0 Å². The quantitative estimate of drug-likeness (QED) is 0.463. The summed E-state index contributed by atoms with van der Waals surface area (Å²) in [5.74, 6) is 0. The van der Waals surface area contributed by atoms with Crippen LogP contribution >= 0.6 is 47.8 Å². The average Bonchev–Trinajstić information content (AvgIpc) is 2.50. The van der Waals surface area contributed by atoms with E-state index >= 15 is 0 Å². The van der Waals surface area contributed by atoms with Crippen LogP contribution < -0.4 is 0 Å². The number of alkyl halides is 2. The second kappa shape index (κ2) is 7.77. The molecule has 0 aromatic heterocycles. The van der Waals surface area contributed by atoms with E-state index in [4.69, 9.17) is 0 Å². The third kappa shape index (κ3) is 4.44. The van der Waals surface area contributed by atoms with Crippen molar-refractivity contribution in [3.05, 3.63) is 70.2 Å². The van der Waals surface area contributed by atoms with Gasteiger partial charge in [-0.05, 0) is 41.5 Å². The van der Waals surface area contributed by atoms with Gasteiger partial charge < -0.3 is 0 Å². The van der Waals surface area contributed by atoms with E-state index in [1.165, 1.54) is 11.1 Å². The maximum atomic E-state index is 3.72. The Kier molecular flexibility index (Phi) is 6.31. The number of hydrogen-bond acceptors (Lipinski definition) is 0. The highest BCUT2D eigenvalue weighted by Crippen LogP contribution is 2.32. The zero-order valence-corrected chi connectivity index (χ0v) is 15.9. The van der Waals surface area contributed by atoms with Crippen molar-refractivity contribution in [1.82, 2.24) is 0 Å². The van der Waals surface area contributed by atoms with Crippen LogP contribution in [0.15, 0.2) is 59.1 Å². The minimum atomic E-state index is 0.204. The molecular formula is C17H17Br3. The monoisotopic (exact) mass is 458 g/mol. The van der Waals surface area contributed by atoms with E-state index in [0.717, 1.165) is 28.0 Å². The van der Waals surface area contributed by atoms with Gasteiger partial charge in [-0.1, -0.05) is 90.3 Å². The first-order valence-corrected chi connectivity index (χ1v) is 9.61. The highest BCUT2D eigenvalue weighted by molar-refractivity contribution is 9.10. The molecule has 0 nitrogen and oxygen atoms in total. The molecule has 106 valence electrons. The molecule has 0 amide bonds. The Morgan fingerprint density at radius 2 is 1.20 bits per heavy atom. The predicted molar refractivity (Wildman–Crippen MR) is 98.0 cm³/mol. The van der Waals surface area contributed by atoms with Crippen LogP contribution in [-0.4, -0.2) is 10.7 Å². The summed E-state index contributed by atoms with van der Waals surface area (Å²) in [4.78, 5) is 0. The zero-order chi connectivity index (χ0) is 14.4. The van der Waals surface area contributed by atoms with Gasteiger partial charge in [-0.15, -0.1) is 0 Å². The van der Waals surface area contributed by atoms with Gasteiger partial charge in [-0.2, -0.15) is 0 Å². The molecule has 2 aromatic carbocycles. The van der Waals surface area contributed by atoms with Crippen LogP contribution in [0.1, 0.15) is 11.1 Å². The molecule has 0 fully saturated rings. The van der Waals surface area contributed by atoms with Crippen molar-refractivity contribution >= 4 is 47.8 Å². The second-order valence-corrected chi connectivity index (χ2v) is 7.27. The summed E-state index contributed by atoms with van der Waals surface area (Å²) < 4.78 is 1.13. The standard InChI is InChI=1S/C17H17Br3/c18-12-17(13-19,10-14-4-2-1-3-5-14)11-15-6-8-16(20)9-7-15/h1-9H,10-13H2. The van der Waals surface area contributed by atoms with E-state index in [9.17, 15) is 0 Å². The molecule has 20 heavy (non-hydrogen) atoms. The summed E-state index contributed by atoms with van der Waals surface area (Å²) in [5.41, 5.74) is 2.97. The Hall–Kier alpha value is -0.120. The van der Waals surface area contributed by atoms with Crippen LogP contribution in [0.25, 0.3) is 0 Å². The maximum absolute atomic E-state index is 3.72. The lowest BCUT2D eigenvalue weighted by Gasteiger charge is -2.30. The van der Waals surface area contributed by atoms with Crippen LogP contribution in [0.2, 0.25) is 0 Å². The maximum Gasteiger partial charge on any atom is 0.0175 e. The Morgan fingerprint density at radius 1 is 0.700 bits per heavy atom. The minimum Gasteiger partial charge on any atom is -0.0921 e. The molecule has 0 saturated carbocycles. The van der Waals surface area contributed by atoms with Gasteiger partial charge in [-0.3, -0.25) is 0 Å². The van der Waals surface area contributed by atoms with Gasteiger partial charge in [0.2, 0.25) is 0 Å². The van der Waals surface area contributed by atoms with Crippen LogP contribution in [0.5, 0.6) is 0 Å². The molecule has 0 unspecified atom stereocenters. The predicted octanol–water partition coefficient (Wildman–Crippen LogP) is 6.01. The smallest absolute Gasteiger partial charge is 0.0175 e. The van der Waals surface area contributed by atoms with Gasteiger partial charge in [0.25, 0.3) is 0 Å². The lowest BCUT2D eigenvalue weighted by atomic mass is 9.80. The SMILES string of the molecule is BrCC(CBr)(Cc1ccccc1)Cc1ccc(Br)cc1. The third-order valence-corrected chi connectivity index (χ3v) is 6.39. The molecule has 0 saturated heterocycles. The fourth-order valence-electron chi connectivity index (χ4n) is 2.35. The molecule has 0 heterocycles. The summed E-state index contributed by atoms with van der Waals surface area (Å²) in [7, 11) is 0. The molecule has 0 atom stereocenters. The molecule has 0 spiro atoms. The fraction of sp³-hybridized carbons (Fsp3) is 0.294. The number of hydrogen-bond donors (Lipinski definition) is 0. The van der Waals surface area contributed by atoms with Crippen molar-refractivity contribution in [2.24, 2.45) is 5.41 Å². The minimum absolute atomic E-state index is 0.204. The molecule has 0 aliphatic rings. The largest absolute Gasteiger partial charge is 0.0921 e. The normalized spacial score (nSPS) is 11.6. The lowest BCUT2D eigenvalue weighted by molar-refractivity contribution is 0.386. The van der Waals surface area contributed by atoms with Crippen molar-refractivity contribution < 1.29 is 0 Å². The summed E-state index contributed by atoms with van der Waals surface area (Å²) in [6, 6.07) is 19.4. The average molecular weight is 461 g/mol. The summed E-state index contributed by atoms with van der Waals surface area (Å²) in [6.45, 7) is 0. The second-order valence-electron chi connectivity index (χ2n) is 5.23. The van der Waals surface area contributed by atoms with Crippen molar-refractivity contribution in [3.8, 4) is 0 Å². The topological polar surface area (TPSA) is 0 Å². The molecule has 0 N–H and O–H groups in total. The Morgan fingerprint density at radius 3 is 1.70 bits per heavy atom. The summed E-state index contributed by atoms with van der Waals surface area (Å²) in [5, 5.41) is 1.96. The molecule has 0 aliphatic heterocycles. The molecule has 0 aliphatic carbocycles. The van der Waals surface area contributed by atoms with Crippen molar-refractivity contribution in [2.75, 3.05) is 10.7 Å². The van der Waals surface area contributed by atoms with Crippen molar-refractivity contribution in [3.63, 3.8) is 0 Å². The van der Waals surface area contributed by atoms with E-state index in [-0.39, 0.29) is 5.41 Å². The number of rotatable bonds is 6. The fourth-order valence-corrected chi connectivity index (χ4v) is 4.34. The number of halogens is 3. The van der Waals surface area contributed by atoms with Gasteiger partial charge in [-0.25, -0.2) is 0 Å². The van der Waals surface area contributed by atoms with Gasteiger partial charge in [0.05, 0.1) is 0 Å². The van der Waals surface area contributed by atoms with Crippen LogP contribution in [-0.2, 0) is 12.8 Å². The molecule has 2 rings (SSSR count). The first kappa shape index (κ1) is 16.3. The summed E-state index contributed by atoms with van der Waals surface area (Å²) >= 11 is 10.9. The van der Waals surface area contributed by atoms with Crippen LogP contribution in [0, 0.1) is 5.41 Å². The lowest BCUT2D eigenvalue weighted by Crippen LogP contribution is -2.30. The van der Waals surface area contributed by atoms with E-state index in [0.29, 0.717) is 0 Å². The van der Waals surface area contributed by atoms with Gasteiger partial charge in [0.15, 0.2) is 0 Å². The van der Waals surface area contributed by atoms with E-state index in [2.05, 4.69) is 102 Å². The first-order valence-electron chi connectivity index (χ1n) is 6.58. The molecule has 2 aromatic rings. The van der Waals surface area contributed by atoms with E-state index < -0.39 is 0 Å².